The monoisotopic (exact) mass is 550 g/mol. The van der Waals surface area contributed by atoms with Crippen LogP contribution in [0.25, 0.3) is 0 Å². The molecule has 2 atom stereocenters. The lowest BCUT2D eigenvalue weighted by atomic mass is 10.0. The summed E-state index contributed by atoms with van der Waals surface area (Å²) in [6.07, 6.45) is 1.06. The fraction of sp³-hybridized carbons (Fsp3) is 0.690. The van der Waals surface area contributed by atoms with Crippen molar-refractivity contribution in [1.82, 2.24) is 10.6 Å². The van der Waals surface area contributed by atoms with Crippen molar-refractivity contribution in [2.24, 2.45) is 0 Å². The van der Waals surface area contributed by atoms with E-state index in [0.717, 1.165) is 12.0 Å². The van der Waals surface area contributed by atoms with E-state index in [1.807, 2.05) is 7.11 Å². The van der Waals surface area contributed by atoms with E-state index in [2.05, 4.69) is 76.4 Å². The second kappa shape index (κ2) is 13.1. The molecule has 38 heavy (non-hydrogen) atoms. The van der Waals surface area contributed by atoms with Crippen molar-refractivity contribution < 1.29 is 28.3 Å². The summed E-state index contributed by atoms with van der Waals surface area (Å²) in [5.74, 6) is -1.02. The largest absolute Gasteiger partial charge is 0.467 e. The first-order valence-electron chi connectivity index (χ1n) is 13.3. The Labute approximate surface area is 230 Å². The first-order chi connectivity index (χ1) is 17.3. The average Bonchev–Trinajstić information content (AvgIpc) is 2.76. The van der Waals surface area contributed by atoms with Crippen LogP contribution in [0.15, 0.2) is 24.3 Å². The number of rotatable bonds is 10. The Balaban J connectivity index is 3.02. The third-order valence-corrected chi connectivity index (χ3v) is 12.6. The first kappa shape index (κ1) is 33.6. The van der Waals surface area contributed by atoms with Gasteiger partial charge in [-0.15, -0.1) is 0 Å². The van der Waals surface area contributed by atoms with Crippen molar-refractivity contribution in [2.75, 3.05) is 14.2 Å². The zero-order chi connectivity index (χ0) is 29.5. The molecule has 9 heteroatoms. The van der Waals surface area contributed by atoms with E-state index in [4.69, 9.17) is 13.9 Å². The molecule has 1 aromatic carbocycles. The van der Waals surface area contributed by atoms with Crippen LogP contribution >= 0.6 is 0 Å². The lowest BCUT2D eigenvalue weighted by molar-refractivity contribution is -0.144. The van der Waals surface area contributed by atoms with Crippen molar-refractivity contribution >= 4 is 31.5 Å². The quantitative estimate of drug-likeness (QED) is 0.315. The molecule has 0 aliphatic rings. The Morgan fingerprint density at radius 2 is 1.39 bits per heavy atom. The van der Waals surface area contributed by atoms with Crippen LogP contribution in [0.3, 0.4) is 0 Å². The Hall–Kier alpha value is -2.39. The average molecular weight is 551 g/mol. The molecule has 2 N–H and O–H groups in total. The number of alkyl carbamates (subject to hydrolysis) is 1. The Kier molecular flexibility index (Phi) is 11.6. The van der Waals surface area contributed by atoms with Gasteiger partial charge in [0, 0.05) is 7.11 Å². The number of amides is 2. The summed E-state index contributed by atoms with van der Waals surface area (Å²) in [6.45, 7) is 20.3. The summed E-state index contributed by atoms with van der Waals surface area (Å²) in [5.41, 5.74) is 0.433. The highest BCUT2D eigenvalue weighted by atomic mass is 28.4. The number of nitrogens with one attached hydrogen (secondary N) is 2. The molecule has 0 spiro atoms. The highest BCUT2D eigenvalue weighted by Crippen LogP contribution is 2.50. The maximum absolute atomic E-state index is 12.9. The van der Waals surface area contributed by atoms with E-state index >= 15 is 0 Å². The molecule has 2 amide bonds. The van der Waals surface area contributed by atoms with Gasteiger partial charge in [0.25, 0.3) is 0 Å². The van der Waals surface area contributed by atoms with Gasteiger partial charge in [-0.2, -0.15) is 0 Å². The molecule has 1 rings (SSSR count). The van der Waals surface area contributed by atoms with E-state index in [9.17, 15) is 14.4 Å². The van der Waals surface area contributed by atoms with Gasteiger partial charge in [-0.05, 0) is 67.8 Å². The summed E-state index contributed by atoms with van der Waals surface area (Å²) in [5, 5.41) is 6.52. The Bertz CT molecular complexity index is 928. The molecule has 0 radical (unpaired) electrons. The van der Waals surface area contributed by atoms with Crippen LogP contribution in [-0.4, -0.2) is 58.2 Å². The number of hydrogen-bond donors (Lipinski definition) is 2. The molecule has 0 heterocycles. The van der Waals surface area contributed by atoms with Crippen molar-refractivity contribution in [3.63, 3.8) is 0 Å². The van der Waals surface area contributed by atoms with Gasteiger partial charge in [0.15, 0.2) is 0 Å². The van der Waals surface area contributed by atoms with Crippen LogP contribution in [0.2, 0.25) is 10.1 Å². The molecule has 0 fully saturated rings. The van der Waals surface area contributed by atoms with Crippen molar-refractivity contribution in [1.29, 1.82) is 0 Å². The highest BCUT2D eigenvalue weighted by molar-refractivity contribution is 6.91. The van der Waals surface area contributed by atoms with E-state index in [0.29, 0.717) is 12.8 Å². The number of carbonyl (C=O) groups excluding carboxylic acids is 3. The van der Waals surface area contributed by atoms with Crippen LogP contribution in [0.1, 0.15) is 87.6 Å². The zero-order valence-electron chi connectivity index (χ0n) is 25.5. The molecule has 8 nitrogen and oxygen atoms in total. The fourth-order valence-electron chi connectivity index (χ4n) is 5.41. The number of aryl methyl sites for hydroxylation is 1. The Morgan fingerprint density at radius 3 is 1.82 bits per heavy atom. The van der Waals surface area contributed by atoms with E-state index < -0.39 is 44.0 Å². The minimum absolute atomic E-state index is 0.00321. The molecule has 0 bridgehead atoms. The van der Waals surface area contributed by atoms with Crippen molar-refractivity contribution in [2.45, 2.75) is 116 Å². The molecule has 0 saturated heterocycles. The highest BCUT2D eigenvalue weighted by Gasteiger charge is 2.55. The molecule has 0 aliphatic heterocycles. The topological polar surface area (TPSA) is 103 Å². The van der Waals surface area contributed by atoms with Crippen LogP contribution in [0.5, 0.6) is 0 Å². The van der Waals surface area contributed by atoms with Crippen molar-refractivity contribution in [3.05, 3.63) is 29.8 Å². The predicted molar refractivity (Wildman–Crippen MR) is 154 cm³/mol. The normalized spacial score (nSPS) is 14.3. The van der Waals surface area contributed by atoms with E-state index in [1.165, 1.54) is 19.2 Å². The lowest BCUT2D eigenvalue weighted by Gasteiger charge is -2.50. The number of esters is 1. The number of hydrogen-bond acceptors (Lipinski definition) is 6. The van der Waals surface area contributed by atoms with Gasteiger partial charge in [-0.3, -0.25) is 4.79 Å². The van der Waals surface area contributed by atoms with Gasteiger partial charge in [-0.25, -0.2) is 9.59 Å². The first-order valence-corrected chi connectivity index (χ1v) is 15.2. The predicted octanol–water partition coefficient (Wildman–Crippen LogP) is 4.98. The van der Waals surface area contributed by atoms with E-state index in [1.54, 1.807) is 20.8 Å². The number of ether oxygens (including phenoxy) is 2. The summed E-state index contributed by atoms with van der Waals surface area (Å²) in [7, 11) is 0.738. The minimum Gasteiger partial charge on any atom is -0.467 e. The molecule has 0 unspecified atom stereocenters. The third kappa shape index (κ3) is 8.83. The van der Waals surface area contributed by atoms with Gasteiger partial charge >= 0.3 is 12.1 Å². The Morgan fingerprint density at radius 1 is 0.868 bits per heavy atom. The number of carbonyl (C=O) groups is 3. The van der Waals surface area contributed by atoms with Crippen LogP contribution in [0.4, 0.5) is 4.79 Å². The minimum atomic E-state index is -2.35. The lowest BCUT2D eigenvalue weighted by Crippen LogP contribution is -2.63. The summed E-state index contributed by atoms with van der Waals surface area (Å²) in [6, 6.07) is 6.93. The molecule has 0 aromatic heterocycles. The van der Waals surface area contributed by atoms with E-state index in [-0.39, 0.29) is 10.1 Å². The van der Waals surface area contributed by atoms with Crippen LogP contribution in [-0.2, 0) is 29.9 Å². The van der Waals surface area contributed by atoms with Crippen molar-refractivity contribution in [3.8, 4) is 0 Å². The zero-order valence-corrected chi connectivity index (χ0v) is 26.5. The maximum atomic E-state index is 12.9. The molecular weight excluding hydrogens is 500 g/mol. The summed E-state index contributed by atoms with van der Waals surface area (Å²) in [4.78, 5) is 37.1. The molecule has 216 valence electrons. The third-order valence-electron chi connectivity index (χ3n) is 6.66. The summed E-state index contributed by atoms with van der Waals surface area (Å²) >= 11 is 0. The van der Waals surface area contributed by atoms with Gasteiger partial charge < -0.3 is 24.5 Å². The molecule has 1 aromatic rings. The van der Waals surface area contributed by atoms with Gasteiger partial charge in [-0.1, -0.05) is 65.8 Å². The molecule has 0 aliphatic carbocycles. The van der Waals surface area contributed by atoms with Crippen LogP contribution in [0, 0.1) is 0 Å². The number of methoxy groups -OCH3 is 1. The number of benzene rings is 1. The van der Waals surface area contributed by atoms with Gasteiger partial charge in [0.05, 0.1) is 7.11 Å². The van der Waals surface area contributed by atoms with Gasteiger partial charge in [0.2, 0.25) is 14.2 Å². The second-order valence-electron chi connectivity index (χ2n) is 12.9. The molecular formula is C29H50N2O6Si. The fourth-order valence-corrected chi connectivity index (χ4v) is 11.5. The van der Waals surface area contributed by atoms with Crippen LogP contribution < -0.4 is 15.8 Å². The standard InChI is InChI=1S/C29H50N2O6Si/c1-20(25(33)35-11)30-24(32)23(31-26(34)37-27(2,3)4)15-13-14-21-16-18-22(19-17-21)38(36-12,28(5,6)7)29(8,9)10/h16-20,23H,13-15H2,1-12H3,(H,30,32)(H,31,34)/t20-,23-/m0/s1. The maximum Gasteiger partial charge on any atom is 0.408 e. The van der Waals surface area contributed by atoms with Gasteiger partial charge in [0.1, 0.15) is 17.7 Å². The SMILES string of the molecule is COC(=O)[C@H](C)NC(=O)[C@H](CCCc1ccc([Si](OC)(C(C)(C)C)C(C)(C)C)cc1)NC(=O)OC(C)(C)C. The second-order valence-corrected chi connectivity index (χ2v) is 18.3. The summed E-state index contributed by atoms with van der Waals surface area (Å²) < 4.78 is 16.4. The smallest absolute Gasteiger partial charge is 0.408 e. The molecule has 0 saturated carbocycles.